The van der Waals surface area contributed by atoms with Crippen LogP contribution in [0.2, 0.25) is 5.02 Å². The van der Waals surface area contributed by atoms with Crippen molar-refractivity contribution in [1.82, 2.24) is 4.98 Å². The standard InChI is InChI=1S/C15H14ClFN2O3/c1-7-12(15(21)22-3)8(2)18-13(7)14(20)19-11-5-4-9(16)6-10(11)17/h4-6,18H,1-3H3,(H,19,20). The summed E-state index contributed by atoms with van der Waals surface area (Å²) in [6.07, 6.45) is 0. The first-order valence-corrected chi connectivity index (χ1v) is 6.76. The summed E-state index contributed by atoms with van der Waals surface area (Å²) >= 11 is 5.66. The minimum absolute atomic E-state index is 0.000621. The fourth-order valence-electron chi connectivity index (χ4n) is 2.16. The van der Waals surface area contributed by atoms with E-state index in [0.717, 1.165) is 6.07 Å². The van der Waals surface area contributed by atoms with Gasteiger partial charge in [-0.2, -0.15) is 0 Å². The van der Waals surface area contributed by atoms with E-state index in [1.807, 2.05) is 0 Å². The highest BCUT2D eigenvalue weighted by molar-refractivity contribution is 6.30. The van der Waals surface area contributed by atoms with Gasteiger partial charge < -0.3 is 15.0 Å². The van der Waals surface area contributed by atoms with Gasteiger partial charge in [-0.3, -0.25) is 4.79 Å². The van der Waals surface area contributed by atoms with Crippen LogP contribution >= 0.6 is 11.6 Å². The van der Waals surface area contributed by atoms with Gasteiger partial charge in [-0.1, -0.05) is 11.6 Å². The average molecular weight is 325 g/mol. The summed E-state index contributed by atoms with van der Waals surface area (Å²) in [5, 5.41) is 2.67. The number of halogens is 2. The third-order valence-electron chi connectivity index (χ3n) is 3.23. The van der Waals surface area contributed by atoms with Crippen LogP contribution in [0.15, 0.2) is 18.2 Å². The molecular formula is C15H14ClFN2O3. The molecule has 5 nitrogen and oxygen atoms in total. The van der Waals surface area contributed by atoms with Crippen molar-refractivity contribution in [3.05, 3.63) is 51.6 Å². The Kier molecular flexibility index (Phi) is 4.51. The summed E-state index contributed by atoms with van der Waals surface area (Å²) < 4.78 is 18.4. The first kappa shape index (κ1) is 16.0. The average Bonchev–Trinajstić information content (AvgIpc) is 2.76. The number of nitrogens with one attached hydrogen (secondary N) is 2. The molecule has 0 aliphatic carbocycles. The summed E-state index contributed by atoms with van der Waals surface area (Å²) in [7, 11) is 1.26. The lowest BCUT2D eigenvalue weighted by Gasteiger charge is -2.06. The molecule has 116 valence electrons. The lowest BCUT2D eigenvalue weighted by molar-refractivity contribution is 0.0599. The van der Waals surface area contributed by atoms with Crippen molar-refractivity contribution in [2.75, 3.05) is 12.4 Å². The maximum absolute atomic E-state index is 13.7. The Morgan fingerprint density at radius 2 is 2.00 bits per heavy atom. The zero-order valence-electron chi connectivity index (χ0n) is 12.2. The predicted octanol–water partition coefficient (Wildman–Crippen LogP) is 3.46. The molecule has 2 aromatic rings. The van der Waals surface area contributed by atoms with Gasteiger partial charge in [-0.15, -0.1) is 0 Å². The third-order valence-corrected chi connectivity index (χ3v) is 3.47. The quantitative estimate of drug-likeness (QED) is 0.849. The number of aromatic nitrogens is 1. The van der Waals surface area contributed by atoms with Crippen molar-refractivity contribution < 1.29 is 18.7 Å². The van der Waals surface area contributed by atoms with Crippen LogP contribution in [0.1, 0.15) is 32.1 Å². The maximum Gasteiger partial charge on any atom is 0.339 e. The summed E-state index contributed by atoms with van der Waals surface area (Å²) in [4.78, 5) is 26.8. The zero-order chi connectivity index (χ0) is 16.4. The number of aromatic amines is 1. The Morgan fingerprint density at radius 1 is 1.32 bits per heavy atom. The molecule has 22 heavy (non-hydrogen) atoms. The number of benzene rings is 1. The van der Waals surface area contributed by atoms with Gasteiger partial charge in [0.2, 0.25) is 0 Å². The van der Waals surface area contributed by atoms with E-state index in [2.05, 4.69) is 15.0 Å². The van der Waals surface area contributed by atoms with Gasteiger partial charge in [0.15, 0.2) is 0 Å². The SMILES string of the molecule is COC(=O)c1c(C)[nH]c(C(=O)Nc2ccc(Cl)cc2F)c1C. The fraction of sp³-hybridized carbons (Fsp3) is 0.200. The van der Waals surface area contributed by atoms with Crippen molar-refractivity contribution >= 4 is 29.2 Å². The number of carbonyl (C=O) groups is 2. The number of amides is 1. The molecule has 1 amide bonds. The number of methoxy groups -OCH3 is 1. The molecule has 0 saturated carbocycles. The normalized spacial score (nSPS) is 10.4. The van der Waals surface area contributed by atoms with E-state index in [4.69, 9.17) is 11.6 Å². The molecule has 2 N–H and O–H groups in total. The number of hydrogen-bond acceptors (Lipinski definition) is 3. The molecule has 0 saturated heterocycles. The third kappa shape index (κ3) is 2.96. The molecular weight excluding hydrogens is 311 g/mol. The molecule has 1 aromatic heterocycles. The van der Waals surface area contributed by atoms with Crippen LogP contribution < -0.4 is 5.32 Å². The van der Waals surface area contributed by atoms with Gasteiger partial charge in [0.1, 0.15) is 11.5 Å². The molecule has 0 aliphatic rings. The Morgan fingerprint density at radius 3 is 2.59 bits per heavy atom. The topological polar surface area (TPSA) is 71.2 Å². The zero-order valence-corrected chi connectivity index (χ0v) is 13.0. The minimum atomic E-state index is -0.644. The van der Waals surface area contributed by atoms with Crippen LogP contribution in [0.5, 0.6) is 0 Å². The van der Waals surface area contributed by atoms with Crippen molar-refractivity contribution in [3.63, 3.8) is 0 Å². The van der Waals surface area contributed by atoms with Crippen molar-refractivity contribution in [2.24, 2.45) is 0 Å². The number of rotatable bonds is 3. The lowest BCUT2D eigenvalue weighted by Crippen LogP contribution is -2.15. The summed E-state index contributed by atoms with van der Waals surface area (Å²) in [6, 6.07) is 3.93. The first-order valence-electron chi connectivity index (χ1n) is 6.39. The smallest absolute Gasteiger partial charge is 0.339 e. The lowest BCUT2D eigenvalue weighted by atomic mass is 10.1. The molecule has 1 heterocycles. The van der Waals surface area contributed by atoms with Crippen LogP contribution in [-0.2, 0) is 4.74 Å². The molecule has 0 fully saturated rings. The number of aryl methyl sites for hydroxylation is 1. The van der Waals surface area contributed by atoms with Gasteiger partial charge in [-0.25, -0.2) is 9.18 Å². The highest BCUT2D eigenvalue weighted by Crippen LogP contribution is 2.22. The van der Waals surface area contributed by atoms with Gasteiger partial charge in [0.25, 0.3) is 5.91 Å². The highest BCUT2D eigenvalue weighted by Gasteiger charge is 2.23. The Balaban J connectivity index is 2.32. The second kappa shape index (κ2) is 6.19. The van der Waals surface area contributed by atoms with E-state index in [-0.39, 0.29) is 16.4 Å². The highest BCUT2D eigenvalue weighted by atomic mass is 35.5. The number of anilines is 1. The summed E-state index contributed by atoms with van der Waals surface area (Å²) in [5.41, 5.74) is 1.42. The minimum Gasteiger partial charge on any atom is -0.465 e. The predicted molar refractivity (Wildman–Crippen MR) is 81.0 cm³/mol. The van der Waals surface area contributed by atoms with Crippen LogP contribution in [0.25, 0.3) is 0 Å². The molecule has 0 aliphatic heterocycles. The van der Waals surface area contributed by atoms with E-state index in [0.29, 0.717) is 16.8 Å². The van der Waals surface area contributed by atoms with E-state index >= 15 is 0 Å². The largest absolute Gasteiger partial charge is 0.465 e. The Labute approximate surface area is 131 Å². The number of hydrogen-bond donors (Lipinski definition) is 2. The van der Waals surface area contributed by atoms with Crippen molar-refractivity contribution in [2.45, 2.75) is 13.8 Å². The molecule has 0 unspecified atom stereocenters. The molecule has 0 radical (unpaired) electrons. The number of esters is 1. The second-order valence-electron chi connectivity index (χ2n) is 4.69. The van der Waals surface area contributed by atoms with E-state index in [1.54, 1.807) is 13.8 Å². The Hall–Kier alpha value is -2.34. The van der Waals surface area contributed by atoms with E-state index < -0.39 is 17.7 Å². The van der Waals surface area contributed by atoms with Crippen LogP contribution in [0.4, 0.5) is 10.1 Å². The van der Waals surface area contributed by atoms with Gasteiger partial charge in [0, 0.05) is 10.7 Å². The molecule has 7 heteroatoms. The van der Waals surface area contributed by atoms with Crippen molar-refractivity contribution in [1.29, 1.82) is 0 Å². The molecule has 0 bridgehead atoms. The first-order chi connectivity index (χ1) is 10.3. The molecule has 1 aromatic carbocycles. The Bertz CT molecular complexity index is 755. The number of carbonyl (C=O) groups excluding carboxylic acids is 2. The van der Waals surface area contributed by atoms with Crippen LogP contribution in [0, 0.1) is 19.7 Å². The van der Waals surface area contributed by atoms with Crippen LogP contribution in [0.3, 0.4) is 0 Å². The fourth-order valence-corrected chi connectivity index (χ4v) is 2.32. The number of ether oxygens (including phenoxy) is 1. The van der Waals surface area contributed by atoms with E-state index in [9.17, 15) is 14.0 Å². The maximum atomic E-state index is 13.7. The van der Waals surface area contributed by atoms with Gasteiger partial charge >= 0.3 is 5.97 Å². The summed E-state index contributed by atoms with van der Waals surface area (Å²) in [6.45, 7) is 3.27. The molecule has 0 atom stereocenters. The second-order valence-corrected chi connectivity index (χ2v) is 5.13. The number of H-pyrrole nitrogens is 1. The van der Waals surface area contributed by atoms with Crippen molar-refractivity contribution in [3.8, 4) is 0 Å². The van der Waals surface area contributed by atoms with Gasteiger partial charge in [-0.05, 0) is 37.6 Å². The molecule has 0 spiro atoms. The van der Waals surface area contributed by atoms with Crippen LogP contribution in [-0.4, -0.2) is 24.0 Å². The molecule has 2 rings (SSSR count). The van der Waals surface area contributed by atoms with E-state index in [1.165, 1.54) is 19.2 Å². The summed E-state index contributed by atoms with van der Waals surface area (Å²) in [5.74, 6) is -1.74. The van der Waals surface area contributed by atoms with Gasteiger partial charge in [0.05, 0.1) is 18.4 Å². The monoisotopic (exact) mass is 324 g/mol.